The molecule has 0 saturated carbocycles. The molecular formula is C18H16N4O2. The van der Waals surface area contributed by atoms with Crippen LogP contribution in [0.2, 0.25) is 0 Å². The normalized spacial score (nSPS) is 10.9. The highest BCUT2D eigenvalue weighted by atomic mass is 16.5. The summed E-state index contributed by atoms with van der Waals surface area (Å²) in [6, 6.07) is 7.36. The summed E-state index contributed by atoms with van der Waals surface area (Å²) in [6.45, 7) is 2.71. The first-order chi connectivity index (χ1) is 11.7. The molecule has 0 atom stereocenters. The third-order valence-corrected chi connectivity index (χ3v) is 3.31. The van der Waals surface area contributed by atoms with Crippen LogP contribution in [0.5, 0.6) is 11.6 Å². The zero-order chi connectivity index (χ0) is 16.8. The van der Waals surface area contributed by atoms with Crippen molar-refractivity contribution in [1.29, 1.82) is 0 Å². The maximum Gasteiger partial charge on any atom is 0.237 e. The highest BCUT2D eigenvalue weighted by Crippen LogP contribution is 2.19. The summed E-state index contributed by atoms with van der Waals surface area (Å²) in [5.41, 5.74) is 1.48. The molecule has 6 nitrogen and oxygen atoms in total. The van der Waals surface area contributed by atoms with Crippen molar-refractivity contribution in [2.24, 2.45) is 0 Å². The Morgan fingerprint density at radius 3 is 2.71 bits per heavy atom. The first-order valence-corrected chi connectivity index (χ1v) is 7.53. The molecule has 0 aliphatic rings. The Hall–Kier alpha value is -3.28. The fourth-order valence-corrected chi connectivity index (χ4v) is 2.04. The van der Waals surface area contributed by atoms with Gasteiger partial charge in [-0.3, -0.25) is 14.5 Å². The number of carbonyl (C=O) groups is 1. The average Bonchev–Trinajstić information content (AvgIpc) is 3.11. The Balaban J connectivity index is 1.64. The second-order valence-corrected chi connectivity index (χ2v) is 5.00. The van der Waals surface area contributed by atoms with Crippen LogP contribution in [0.15, 0.2) is 61.3 Å². The van der Waals surface area contributed by atoms with Crippen LogP contribution in [0.25, 0.3) is 6.08 Å². The summed E-state index contributed by atoms with van der Waals surface area (Å²) < 4.78 is 7.29. The highest BCUT2D eigenvalue weighted by Gasteiger charge is 2.04. The van der Waals surface area contributed by atoms with Gasteiger partial charge in [0.1, 0.15) is 5.75 Å². The van der Waals surface area contributed by atoms with Crippen LogP contribution in [-0.2, 0) is 6.54 Å². The lowest BCUT2D eigenvalue weighted by atomic mass is 10.1. The molecule has 0 aliphatic heterocycles. The van der Waals surface area contributed by atoms with Crippen molar-refractivity contribution in [1.82, 2.24) is 19.7 Å². The lowest BCUT2D eigenvalue weighted by molar-refractivity contribution is 0.104. The minimum atomic E-state index is -0.0745. The van der Waals surface area contributed by atoms with Gasteiger partial charge in [-0.25, -0.2) is 4.98 Å². The highest BCUT2D eigenvalue weighted by molar-refractivity contribution is 6.06. The van der Waals surface area contributed by atoms with Crippen LogP contribution in [0.3, 0.4) is 0 Å². The number of benzene rings is 1. The number of hydrogen-bond acceptors (Lipinski definition) is 5. The van der Waals surface area contributed by atoms with Crippen LogP contribution in [-0.4, -0.2) is 25.5 Å². The molecule has 6 heteroatoms. The van der Waals surface area contributed by atoms with Gasteiger partial charge in [0, 0.05) is 25.1 Å². The molecule has 0 spiro atoms. The number of nitrogens with zero attached hydrogens (tertiary/aromatic N) is 4. The van der Waals surface area contributed by atoms with E-state index in [4.69, 9.17) is 4.74 Å². The second kappa shape index (κ2) is 7.32. The fourth-order valence-electron chi connectivity index (χ4n) is 2.04. The summed E-state index contributed by atoms with van der Waals surface area (Å²) in [5.74, 6) is 1.02. The summed E-state index contributed by atoms with van der Waals surface area (Å²) >= 11 is 0. The molecule has 0 bridgehead atoms. The quantitative estimate of drug-likeness (QED) is 0.514. The third kappa shape index (κ3) is 3.92. The van der Waals surface area contributed by atoms with Gasteiger partial charge >= 0.3 is 0 Å². The molecule has 1 aromatic carbocycles. The van der Waals surface area contributed by atoms with E-state index in [2.05, 4.69) is 15.1 Å². The maximum atomic E-state index is 12.1. The molecule has 24 heavy (non-hydrogen) atoms. The molecule has 2 aromatic heterocycles. The van der Waals surface area contributed by atoms with E-state index in [1.165, 1.54) is 6.08 Å². The Bertz CT molecular complexity index is 839. The summed E-state index contributed by atoms with van der Waals surface area (Å²) in [4.78, 5) is 20.1. The van der Waals surface area contributed by atoms with Crippen LogP contribution in [0.4, 0.5) is 0 Å². The third-order valence-electron chi connectivity index (χ3n) is 3.31. The van der Waals surface area contributed by atoms with Gasteiger partial charge in [0.25, 0.3) is 0 Å². The first kappa shape index (κ1) is 15.6. The number of ether oxygens (including phenoxy) is 1. The van der Waals surface area contributed by atoms with E-state index in [1.807, 2.05) is 31.2 Å². The molecule has 2 heterocycles. The lowest BCUT2D eigenvalue weighted by Crippen LogP contribution is -1.94. The largest absolute Gasteiger partial charge is 0.438 e. The number of aryl methyl sites for hydroxylation is 1. The van der Waals surface area contributed by atoms with E-state index in [-0.39, 0.29) is 5.78 Å². The van der Waals surface area contributed by atoms with Gasteiger partial charge in [-0.1, -0.05) is 18.2 Å². The SMILES string of the molecule is CCn1cc(C(=O)C=Cc2ccc(Oc3cnccn3)cc2)cn1. The number of carbonyl (C=O) groups excluding carboxylic acids is 1. The molecule has 0 aliphatic carbocycles. The smallest absolute Gasteiger partial charge is 0.237 e. The molecule has 0 fully saturated rings. The number of hydrogen-bond donors (Lipinski definition) is 0. The number of rotatable bonds is 6. The minimum Gasteiger partial charge on any atom is -0.438 e. The van der Waals surface area contributed by atoms with Crippen molar-refractivity contribution in [3.8, 4) is 11.6 Å². The molecule has 0 N–H and O–H groups in total. The van der Waals surface area contributed by atoms with Gasteiger partial charge < -0.3 is 4.74 Å². The van der Waals surface area contributed by atoms with Gasteiger partial charge in [-0.05, 0) is 30.7 Å². The predicted octanol–water partition coefficient (Wildman–Crippen LogP) is 3.38. The first-order valence-electron chi connectivity index (χ1n) is 7.53. The Kier molecular flexibility index (Phi) is 4.76. The van der Waals surface area contributed by atoms with E-state index < -0.39 is 0 Å². The summed E-state index contributed by atoms with van der Waals surface area (Å²) in [6.07, 6.45) is 11.3. The molecule has 120 valence electrons. The van der Waals surface area contributed by atoms with E-state index in [0.717, 1.165) is 12.1 Å². The van der Waals surface area contributed by atoms with Gasteiger partial charge in [0.05, 0.1) is 18.0 Å². The number of ketones is 1. The number of allylic oxidation sites excluding steroid dienone is 1. The van der Waals surface area contributed by atoms with Crippen LogP contribution >= 0.6 is 0 Å². The second-order valence-electron chi connectivity index (χ2n) is 5.00. The Morgan fingerprint density at radius 2 is 2.04 bits per heavy atom. The molecule has 0 unspecified atom stereocenters. The lowest BCUT2D eigenvalue weighted by Gasteiger charge is -2.03. The van der Waals surface area contributed by atoms with Crippen molar-refractivity contribution < 1.29 is 9.53 Å². The number of aromatic nitrogens is 4. The van der Waals surface area contributed by atoms with Crippen molar-refractivity contribution in [2.75, 3.05) is 0 Å². The van der Waals surface area contributed by atoms with E-state index >= 15 is 0 Å². The van der Waals surface area contributed by atoms with Crippen LogP contribution in [0.1, 0.15) is 22.8 Å². The molecule has 3 rings (SSSR count). The summed E-state index contributed by atoms with van der Waals surface area (Å²) in [5, 5.41) is 4.10. The Morgan fingerprint density at radius 1 is 1.21 bits per heavy atom. The molecule has 0 saturated heterocycles. The standard InChI is InChI=1S/C18H16N4O2/c1-2-22-13-15(11-21-22)17(23)8-5-14-3-6-16(7-4-14)24-18-12-19-9-10-20-18/h3-13H,2H2,1H3. The van der Waals surface area contributed by atoms with Gasteiger partial charge in [0.15, 0.2) is 5.78 Å². The monoisotopic (exact) mass is 320 g/mol. The minimum absolute atomic E-state index is 0.0745. The van der Waals surface area contributed by atoms with E-state index in [9.17, 15) is 4.79 Å². The molecule has 0 radical (unpaired) electrons. The molecule has 3 aromatic rings. The van der Waals surface area contributed by atoms with Crippen molar-refractivity contribution >= 4 is 11.9 Å². The molecular weight excluding hydrogens is 304 g/mol. The van der Waals surface area contributed by atoms with Crippen LogP contribution < -0.4 is 4.74 Å². The van der Waals surface area contributed by atoms with Crippen molar-refractivity contribution in [3.63, 3.8) is 0 Å². The van der Waals surface area contributed by atoms with Crippen molar-refractivity contribution in [2.45, 2.75) is 13.5 Å². The van der Waals surface area contributed by atoms with Crippen LogP contribution in [0, 0.1) is 0 Å². The zero-order valence-electron chi connectivity index (χ0n) is 13.2. The predicted molar refractivity (Wildman–Crippen MR) is 89.8 cm³/mol. The maximum absolute atomic E-state index is 12.1. The molecule has 0 amide bonds. The Labute approximate surface area is 139 Å². The van der Waals surface area contributed by atoms with Gasteiger partial charge in [-0.15, -0.1) is 0 Å². The zero-order valence-corrected chi connectivity index (χ0v) is 13.2. The van der Waals surface area contributed by atoms with E-state index in [0.29, 0.717) is 17.2 Å². The summed E-state index contributed by atoms with van der Waals surface area (Å²) in [7, 11) is 0. The van der Waals surface area contributed by atoms with Gasteiger partial charge in [-0.2, -0.15) is 5.10 Å². The average molecular weight is 320 g/mol. The fraction of sp³-hybridized carbons (Fsp3) is 0.111. The van der Waals surface area contributed by atoms with E-state index in [1.54, 1.807) is 41.7 Å². The van der Waals surface area contributed by atoms with Gasteiger partial charge in [0.2, 0.25) is 5.88 Å². The van der Waals surface area contributed by atoms with Crippen molar-refractivity contribution in [3.05, 3.63) is 72.5 Å². The topological polar surface area (TPSA) is 69.9 Å².